The number of benzene rings is 2. The minimum atomic E-state index is -3.94. The molecule has 0 radical (unpaired) electrons. The Hall–Kier alpha value is -2.91. The van der Waals surface area contributed by atoms with Gasteiger partial charge in [0.25, 0.3) is 10.0 Å². The van der Waals surface area contributed by atoms with Crippen molar-refractivity contribution in [3.05, 3.63) is 59.5 Å². The van der Waals surface area contributed by atoms with E-state index in [1.165, 1.54) is 42.0 Å². The van der Waals surface area contributed by atoms with Crippen molar-refractivity contribution in [2.45, 2.75) is 5.03 Å². The molecule has 0 aliphatic carbocycles. The molecule has 2 N–H and O–H groups in total. The van der Waals surface area contributed by atoms with Crippen LogP contribution < -0.4 is 9.46 Å². The second-order valence-electron chi connectivity index (χ2n) is 5.18. The molecule has 3 aromatic rings. The Balaban J connectivity index is 1.90. The monoisotopic (exact) mass is 390 g/mol. The summed E-state index contributed by atoms with van der Waals surface area (Å²) in [6.45, 7) is 0. The Morgan fingerprint density at radius 1 is 1.19 bits per heavy atom. The van der Waals surface area contributed by atoms with Crippen molar-refractivity contribution in [2.24, 2.45) is 0 Å². The van der Waals surface area contributed by atoms with E-state index >= 15 is 0 Å². The van der Waals surface area contributed by atoms with Gasteiger partial charge in [0.2, 0.25) is 0 Å². The van der Waals surface area contributed by atoms with Gasteiger partial charge in [-0.1, -0.05) is 30.3 Å². The van der Waals surface area contributed by atoms with E-state index in [-0.39, 0.29) is 22.0 Å². The molecule has 0 aliphatic rings. The molecule has 134 valence electrons. The van der Waals surface area contributed by atoms with Gasteiger partial charge in [-0.25, -0.2) is 9.78 Å². The number of nitrogens with zero attached hydrogens (tertiary/aromatic N) is 1. The van der Waals surface area contributed by atoms with Gasteiger partial charge in [-0.05, 0) is 18.2 Å². The van der Waals surface area contributed by atoms with Crippen molar-refractivity contribution in [1.29, 1.82) is 0 Å². The van der Waals surface area contributed by atoms with Crippen molar-refractivity contribution in [3.8, 4) is 16.3 Å². The number of methoxy groups -OCH3 is 1. The number of carboxylic acids is 1. The highest BCUT2D eigenvalue weighted by Gasteiger charge is 2.21. The number of sulfonamides is 1. The minimum Gasteiger partial charge on any atom is -0.495 e. The van der Waals surface area contributed by atoms with Gasteiger partial charge in [0.1, 0.15) is 10.8 Å². The third-order valence-electron chi connectivity index (χ3n) is 3.47. The number of ether oxygens (including phenoxy) is 1. The normalized spacial score (nSPS) is 11.1. The first-order valence-electron chi connectivity index (χ1n) is 7.36. The van der Waals surface area contributed by atoms with Gasteiger partial charge in [0.15, 0.2) is 5.03 Å². The lowest BCUT2D eigenvalue weighted by molar-refractivity contribution is 0.0696. The summed E-state index contributed by atoms with van der Waals surface area (Å²) >= 11 is 1.22. The van der Waals surface area contributed by atoms with Gasteiger partial charge in [0.05, 0.1) is 18.4 Å². The highest BCUT2D eigenvalue weighted by molar-refractivity contribution is 7.92. The lowest BCUT2D eigenvalue weighted by atomic mass is 10.2. The second kappa shape index (κ2) is 7.14. The first-order chi connectivity index (χ1) is 12.4. The van der Waals surface area contributed by atoms with Crippen LogP contribution in [0.2, 0.25) is 0 Å². The van der Waals surface area contributed by atoms with E-state index in [0.29, 0.717) is 5.01 Å². The first kappa shape index (κ1) is 17.9. The lowest BCUT2D eigenvalue weighted by Crippen LogP contribution is -2.14. The fourth-order valence-electron chi connectivity index (χ4n) is 2.20. The number of hydrogen-bond acceptors (Lipinski definition) is 6. The standard InChI is InChI=1S/C17H14N2O5S2/c1-24-14-9-12(17(20)21)7-8-13(14)19-26(22,23)15-10-25-16(18-15)11-5-3-2-4-6-11/h2-10,19H,1H3,(H,20,21). The summed E-state index contributed by atoms with van der Waals surface area (Å²) in [5.41, 5.74) is 0.943. The quantitative estimate of drug-likeness (QED) is 0.669. The Kier molecular flexibility index (Phi) is 4.92. The van der Waals surface area contributed by atoms with E-state index < -0.39 is 16.0 Å². The molecular formula is C17H14N2O5S2. The molecular weight excluding hydrogens is 376 g/mol. The van der Waals surface area contributed by atoms with Crippen molar-refractivity contribution >= 4 is 33.0 Å². The molecule has 0 saturated carbocycles. The molecule has 0 aliphatic heterocycles. The average molecular weight is 390 g/mol. The summed E-state index contributed by atoms with van der Waals surface area (Å²) < 4.78 is 32.7. The zero-order valence-corrected chi connectivity index (χ0v) is 15.2. The number of carbonyl (C=O) groups is 1. The lowest BCUT2D eigenvalue weighted by Gasteiger charge is -2.11. The van der Waals surface area contributed by atoms with E-state index in [9.17, 15) is 13.2 Å². The van der Waals surface area contributed by atoms with Crippen LogP contribution >= 0.6 is 11.3 Å². The van der Waals surface area contributed by atoms with E-state index in [1.807, 2.05) is 30.3 Å². The fraction of sp³-hybridized carbons (Fsp3) is 0.0588. The van der Waals surface area contributed by atoms with Crippen molar-refractivity contribution in [3.63, 3.8) is 0 Å². The summed E-state index contributed by atoms with van der Waals surface area (Å²) in [5.74, 6) is -1.03. The molecule has 0 fully saturated rings. The van der Waals surface area contributed by atoms with E-state index in [4.69, 9.17) is 9.84 Å². The number of aromatic carboxylic acids is 1. The zero-order chi connectivity index (χ0) is 18.7. The summed E-state index contributed by atoms with van der Waals surface area (Å²) in [5, 5.41) is 10.9. The van der Waals surface area contributed by atoms with E-state index in [1.54, 1.807) is 0 Å². The Morgan fingerprint density at radius 2 is 1.92 bits per heavy atom. The molecule has 1 heterocycles. The van der Waals surface area contributed by atoms with Crippen LogP contribution in [0.25, 0.3) is 10.6 Å². The minimum absolute atomic E-state index is 0.00943. The summed E-state index contributed by atoms with van der Waals surface area (Å²) in [6, 6.07) is 13.1. The van der Waals surface area contributed by atoms with Crippen LogP contribution in [0, 0.1) is 0 Å². The van der Waals surface area contributed by atoms with Crippen LogP contribution in [0.3, 0.4) is 0 Å². The van der Waals surface area contributed by atoms with Crippen LogP contribution in [0.15, 0.2) is 58.9 Å². The van der Waals surface area contributed by atoms with Gasteiger partial charge in [-0.3, -0.25) is 4.72 Å². The number of aromatic nitrogens is 1. The van der Waals surface area contributed by atoms with Crippen LogP contribution in [0.4, 0.5) is 5.69 Å². The van der Waals surface area contributed by atoms with Crippen LogP contribution in [0.5, 0.6) is 5.75 Å². The molecule has 0 spiro atoms. The first-order valence-corrected chi connectivity index (χ1v) is 9.72. The van der Waals surface area contributed by atoms with Gasteiger partial charge >= 0.3 is 5.97 Å². The highest BCUT2D eigenvalue weighted by atomic mass is 32.2. The molecule has 2 aromatic carbocycles. The molecule has 26 heavy (non-hydrogen) atoms. The summed E-state index contributed by atoms with van der Waals surface area (Å²) in [7, 11) is -2.62. The van der Waals surface area contributed by atoms with Gasteiger partial charge < -0.3 is 9.84 Å². The maximum atomic E-state index is 12.6. The molecule has 0 unspecified atom stereocenters. The van der Waals surface area contributed by atoms with E-state index in [2.05, 4.69) is 9.71 Å². The Bertz CT molecular complexity index is 1050. The number of thiazole rings is 1. The van der Waals surface area contributed by atoms with Crippen LogP contribution in [-0.4, -0.2) is 31.6 Å². The maximum Gasteiger partial charge on any atom is 0.335 e. The number of hydrogen-bond donors (Lipinski definition) is 2. The number of rotatable bonds is 6. The summed E-state index contributed by atoms with van der Waals surface area (Å²) in [4.78, 5) is 15.2. The predicted octanol–water partition coefficient (Wildman–Crippen LogP) is 3.32. The van der Waals surface area contributed by atoms with Gasteiger partial charge in [-0.2, -0.15) is 8.42 Å². The molecule has 9 heteroatoms. The van der Waals surface area contributed by atoms with Gasteiger partial charge in [-0.15, -0.1) is 11.3 Å². The smallest absolute Gasteiger partial charge is 0.335 e. The van der Waals surface area contributed by atoms with Crippen molar-refractivity contribution in [1.82, 2.24) is 4.98 Å². The molecule has 3 rings (SSSR count). The SMILES string of the molecule is COc1cc(C(=O)O)ccc1NS(=O)(=O)c1csc(-c2ccccc2)n1. The number of carboxylic acid groups (broad SMARTS) is 1. The third-order valence-corrected chi connectivity index (χ3v) is 5.76. The van der Waals surface area contributed by atoms with Crippen molar-refractivity contribution < 1.29 is 23.1 Å². The fourth-order valence-corrected chi connectivity index (χ4v) is 4.37. The molecule has 0 saturated heterocycles. The van der Waals surface area contributed by atoms with Crippen molar-refractivity contribution in [2.75, 3.05) is 11.8 Å². The average Bonchev–Trinajstić information content (AvgIpc) is 3.13. The number of anilines is 1. The molecule has 1 aromatic heterocycles. The van der Waals surface area contributed by atoms with Gasteiger partial charge in [0, 0.05) is 10.9 Å². The number of nitrogens with one attached hydrogen (secondary N) is 1. The summed E-state index contributed by atoms with van der Waals surface area (Å²) in [6.07, 6.45) is 0. The van der Waals surface area contributed by atoms with E-state index in [0.717, 1.165) is 5.56 Å². The Labute approximate surface area is 154 Å². The maximum absolute atomic E-state index is 12.6. The largest absolute Gasteiger partial charge is 0.495 e. The molecule has 0 bridgehead atoms. The topological polar surface area (TPSA) is 106 Å². The third kappa shape index (κ3) is 3.68. The molecule has 0 amide bonds. The second-order valence-corrected chi connectivity index (χ2v) is 7.67. The molecule has 7 nitrogen and oxygen atoms in total. The zero-order valence-electron chi connectivity index (χ0n) is 13.5. The molecule has 0 atom stereocenters. The highest BCUT2D eigenvalue weighted by Crippen LogP contribution is 2.30. The van der Waals surface area contributed by atoms with Crippen LogP contribution in [-0.2, 0) is 10.0 Å². The van der Waals surface area contributed by atoms with Crippen LogP contribution in [0.1, 0.15) is 10.4 Å². The predicted molar refractivity (Wildman–Crippen MR) is 98.3 cm³/mol. The Morgan fingerprint density at radius 3 is 2.58 bits per heavy atom.